The summed E-state index contributed by atoms with van der Waals surface area (Å²) in [6, 6.07) is 0. The van der Waals surface area contributed by atoms with Gasteiger partial charge in [0.1, 0.15) is 18.3 Å². The van der Waals surface area contributed by atoms with Crippen LogP contribution in [0, 0.1) is 0 Å². The van der Waals surface area contributed by atoms with E-state index in [0.29, 0.717) is 4.90 Å². The first-order valence-electron chi connectivity index (χ1n) is 4.61. The number of carbonyl (C=O) groups is 4. The number of rotatable bonds is 6. The van der Waals surface area contributed by atoms with Gasteiger partial charge in [-0.3, -0.25) is 0 Å². The molecule has 20 heavy (non-hydrogen) atoms. The predicted molar refractivity (Wildman–Crippen MR) is 50.1 cm³/mol. The van der Waals surface area contributed by atoms with Crippen molar-refractivity contribution >= 4 is 24.2 Å². The normalized spacial score (nSPS) is 8.60. The third kappa shape index (κ3) is 8.97. The van der Waals surface area contributed by atoms with E-state index in [0.717, 1.165) is 0 Å². The standard InChI is InChI=1S/C8H12N2O8.Fe.H3N/c11-5(12)4-9(6(13)14)2-1-3-10(7(15)16)8(17)18;;/h1-4H2,(H,11,12)(H,13,14)(H,15,16)(H,17,18);;1H3/q;+3;/p-3. The molecule has 0 bridgehead atoms. The second kappa shape index (κ2) is 10.8. The van der Waals surface area contributed by atoms with Crippen LogP contribution in [0.3, 0.4) is 0 Å². The number of imide groups is 1. The van der Waals surface area contributed by atoms with Crippen molar-refractivity contribution in [2.24, 2.45) is 0 Å². The summed E-state index contributed by atoms with van der Waals surface area (Å²) in [5.74, 6) is -1.67. The summed E-state index contributed by atoms with van der Waals surface area (Å²) in [6.45, 7) is -2.01. The number of hydrogen-bond donors (Lipinski definition) is 1. The van der Waals surface area contributed by atoms with E-state index in [-0.39, 0.29) is 34.5 Å². The van der Waals surface area contributed by atoms with Gasteiger partial charge < -0.3 is 55.6 Å². The van der Waals surface area contributed by atoms with Crippen LogP contribution >= 0.6 is 0 Å². The number of carboxylic acids is 1. The zero-order chi connectivity index (χ0) is 14.3. The van der Waals surface area contributed by atoms with Gasteiger partial charge in [0, 0.05) is 13.1 Å². The molecule has 0 saturated heterocycles. The van der Waals surface area contributed by atoms with E-state index in [9.17, 15) is 39.6 Å². The first-order valence-corrected chi connectivity index (χ1v) is 4.61. The molecule has 0 heterocycles. The van der Waals surface area contributed by atoms with E-state index >= 15 is 0 Å². The number of nitrogens with zero attached hydrogens (tertiary/aromatic N) is 2. The molecule has 0 spiro atoms. The minimum Gasteiger partial charge on any atom is -0.548 e. The molecule has 1 radical (unpaired) electrons. The molecule has 0 fully saturated rings. The van der Waals surface area contributed by atoms with Crippen molar-refractivity contribution in [2.75, 3.05) is 19.6 Å². The first kappa shape index (κ1) is 23.1. The Labute approximate surface area is 123 Å². The molecule has 0 aliphatic carbocycles. The molecule has 12 heteroatoms. The average Bonchev–Trinajstić information content (AvgIpc) is 2.20. The van der Waals surface area contributed by atoms with Crippen LogP contribution in [0.15, 0.2) is 0 Å². The van der Waals surface area contributed by atoms with Crippen LogP contribution in [0.1, 0.15) is 6.42 Å². The Bertz CT molecular complexity index is 350. The molecule has 11 nitrogen and oxygen atoms in total. The Balaban J connectivity index is -0.00000144. The summed E-state index contributed by atoms with van der Waals surface area (Å²) in [4.78, 5) is 41.3. The van der Waals surface area contributed by atoms with Crippen molar-refractivity contribution in [2.45, 2.75) is 6.42 Å². The number of hydrogen-bond acceptors (Lipinski definition) is 8. The Kier molecular flexibility index (Phi) is 12.5. The fourth-order valence-electron chi connectivity index (χ4n) is 1.07. The second-order valence-electron chi connectivity index (χ2n) is 3.10. The monoisotopic (exact) mass is 334 g/mol. The van der Waals surface area contributed by atoms with Crippen molar-refractivity contribution in [1.29, 1.82) is 0 Å². The number of aliphatic carboxylic acids is 1. The maximum Gasteiger partial charge on any atom is 3.00 e. The molecule has 0 aromatic carbocycles. The number of quaternary nitrogens is 1. The van der Waals surface area contributed by atoms with Crippen LogP contribution in [-0.4, -0.2) is 53.7 Å². The molecular weight excluding hydrogens is 322 g/mol. The third-order valence-corrected chi connectivity index (χ3v) is 1.83. The minimum absolute atomic E-state index is 0. The number of carboxylic acid groups (broad SMARTS) is 4. The van der Waals surface area contributed by atoms with E-state index in [2.05, 4.69) is 0 Å². The maximum atomic E-state index is 10.4. The van der Waals surface area contributed by atoms with Crippen molar-refractivity contribution in [3.05, 3.63) is 0 Å². The van der Waals surface area contributed by atoms with Gasteiger partial charge in [0.05, 0.1) is 12.5 Å². The van der Waals surface area contributed by atoms with Crippen LogP contribution in [0.2, 0.25) is 0 Å². The molecule has 115 valence electrons. The van der Waals surface area contributed by atoms with Crippen molar-refractivity contribution in [3.63, 3.8) is 0 Å². The summed E-state index contributed by atoms with van der Waals surface area (Å²) in [5.41, 5.74) is 0. The van der Waals surface area contributed by atoms with E-state index in [1.54, 1.807) is 0 Å². The smallest absolute Gasteiger partial charge is 0.548 e. The van der Waals surface area contributed by atoms with Crippen LogP contribution in [0.25, 0.3) is 0 Å². The van der Waals surface area contributed by atoms with Gasteiger partial charge in [-0.15, -0.1) is 0 Å². The zero-order valence-electron chi connectivity index (χ0n) is 10.3. The quantitative estimate of drug-likeness (QED) is 0.465. The first-order chi connectivity index (χ1) is 8.25. The molecule has 0 aromatic rings. The van der Waals surface area contributed by atoms with Crippen LogP contribution < -0.4 is 26.6 Å². The second-order valence-corrected chi connectivity index (χ2v) is 3.10. The topological polar surface area (TPSA) is 204 Å². The summed E-state index contributed by atoms with van der Waals surface area (Å²) in [7, 11) is 0. The molecular formula is C8H12FeN3O8. The molecule has 0 saturated carbocycles. The van der Waals surface area contributed by atoms with Gasteiger partial charge in [0.25, 0.3) is 0 Å². The van der Waals surface area contributed by atoms with Gasteiger partial charge >= 0.3 is 17.1 Å². The van der Waals surface area contributed by atoms with Gasteiger partial charge in [-0.1, -0.05) is 0 Å². The van der Waals surface area contributed by atoms with Crippen LogP contribution in [0.4, 0.5) is 14.4 Å². The van der Waals surface area contributed by atoms with E-state index in [1.807, 2.05) is 0 Å². The maximum absolute atomic E-state index is 10.4. The van der Waals surface area contributed by atoms with Gasteiger partial charge in [0.2, 0.25) is 0 Å². The van der Waals surface area contributed by atoms with E-state index in [4.69, 9.17) is 0 Å². The minimum atomic E-state index is -2.02. The summed E-state index contributed by atoms with van der Waals surface area (Å²) in [6.07, 6.45) is -6.11. The third-order valence-electron chi connectivity index (χ3n) is 1.83. The van der Waals surface area contributed by atoms with E-state index < -0.39 is 43.9 Å². The molecule has 0 aliphatic heterocycles. The van der Waals surface area contributed by atoms with Crippen molar-refractivity contribution in [3.8, 4) is 0 Å². The van der Waals surface area contributed by atoms with Gasteiger partial charge in [-0.2, -0.15) is 0 Å². The van der Waals surface area contributed by atoms with Gasteiger partial charge in [-0.25, -0.2) is 0 Å². The Morgan fingerprint density at radius 1 is 0.800 bits per heavy atom. The number of amides is 3. The molecule has 0 rings (SSSR count). The predicted octanol–water partition coefficient (Wildman–Crippen LogP) is -4.87. The Hall–Kier alpha value is -2.04. The molecule has 0 aromatic heterocycles. The van der Waals surface area contributed by atoms with Gasteiger partial charge in [0.15, 0.2) is 0 Å². The fraction of sp³-hybridized carbons (Fsp3) is 0.500. The van der Waals surface area contributed by atoms with Crippen molar-refractivity contribution in [1.82, 2.24) is 16.0 Å². The zero-order valence-corrected chi connectivity index (χ0v) is 11.4. The Morgan fingerprint density at radius 3 is 1.55 bits per heavy atom. The largest absolute Gasteiger partial charge is 3.00 e. The SMILES string of the molecule is O=C([O-])CN(CCCN(C(=O)[O-])C(=O)[O-])C(=O)[O-].[Fe+3].[NH4+]. The molecule has 0 atom stereocenters. The van der Waals surface area contributed by atoms with E-state index in [1.165, 1.54) is 0 Å². The van der Waals surface area contributed by atoms with Crippen molar-refractivity contribution < 1.29 is 56.7 Å². The summed E-state index contributed by atoms with van der Waals surface area (Å²) >= 11 is 0. The molecule has 3 amide bonds. The molecule has 4 N–H and O–H groups in total. The fourth-order valence-corrected chi connectivity index (χ4v) is 1.07. The Morgan fingerprint density at radius 2 is 1.25 bits per heavy atom. The average molecular weight is 334 g/mol. The summed E-state index contributed by atoms with van der Waals surface area (Å²) < 4.78 is 0. The summed E-state index contributed by atoms with van der Waals surface area (Å²) in [5, 5.41) is 41.1. The number of carbonyl (C=O) groups excluding carboxylic acids is 4. The van der Waals surface area contributed by atoms with Gasteiger partial charge in [-0.05, 0) is 6.42 Å². The molecule has 0 unspecified atom stereocenters. The molecule has 0 aliphatic rings. The van der Waals surface area contributed by atoms with Crippen LogP contribution in [0.5, 0.6) is 0 Å². The van der Waals surface area contributed by atoms with Crippen LogP contribution in [-0.2, 0) is 21.9 Å².